The first kappa shape index (κ1) is 35.0. The van der Waals surface area contributed by atoms with Crippen LogP contribution in [0, 0.1) is 22.7 Å². The van der Waals surface area contributed by atoms with Gasteiger partial charge in [0.05, 0.1) is 39.9 Å². The zero-order chi connectivity index (χ0) is 39.1. The highest BCUT2D eigenvalue weighted by molar-refractivity contribution is 6.16. The van der Waals surface area contributed by atoms with Crippen LogP contribution < -0.4 is 15.8 Å². The zero-order valence-corrected chi connectivity index (χ0v) is 30.1. The van der Waals surface area contributed by atoms with Crippen LogP contribution in [0.1, 0.15) is 28.7 Å². The van der Waals surface area contributed by atoms with Gasteiger partial charge in [0.1, 0.15) is 11.7 Å². The molecular formula is C48H29F3N6. The van der Waals surface area contributed by atoms with E-state index in [-0.39, 0.29) is 12.0 Å². The van der Waals surface area contributed by atoms with Crippen molar-refractivity contribution in [1.29, 1.82) is 10.5 Å². The summed E-state index contributed by atoms with van der Waals surface area (Å²) in [5, 5.41) is 25.7. The minimum atomic E-state index is -4.59. The van der Waals surface area contributed by atoms with Gasteiger partial charge in [-0.25, -0.2) is 9.98 Å². The molecule has 0 saturated carbocycles. The number of rotatable bonds is 4. The van der Waals surface area contributed by atoms with E-state index in [1.54, 1.807) is 30.3 Å². The van der Waals surface area contributed by atoms with Crippen molar-refractivity contribution < 1.29 is 13.2 Å². The number of allylic oxidation sites excluding steroid dienone is 4. The van der Waals surface area contributed by atoms with E-state index in [9.17, 15) is 23.7 Å². The van der Waals surface area contributed by atoms with Gasteiger partial charge in [0.2, 0.25) is 0 Å². The number of nitrogens with zero attached hydrogens (tertiary/aromatic N) is 5. The summed E-state index contributed by atoms with van der Waals surface area (Å²) >= 11 is 0. The first-order chi connectivity index (χ1) is 27.8. The molecule has 2 heterocycles. The van der Waals surface area contributed by atoms with E-state index in [2.05, 4.69) is 22.0 Å². The normalized spacial score (nSPS) is 16.0. The Morgan fingerprint density at radius 2 is 1.39 bits per heavy atom. The minimum absolute atomic E-state index is 0.0738. The summed E-state index contributed by atoms with van der Waals surface area (Å²) < 4.78 is 46.2. The number of amidine groups is 2. The first-order valence-corrected chi connectivity index (χ1v) is 18.2. The van der Waals surface area contributed by atoms with Crippen LogP contribution in [0.25, 0.3) is 50.0 Å². The van der Waals surface area contributed by atoms with E-state index in [4.69, 9.17) is 9.98 Å². The molecule has 6 nitrogen and oxygen atoms in total. The monoisotopic (exact) mass is 746 g/mol. The van der Waals surface area contributed by atoms with E-state index in [0.717, 1.165) is 44.6 Å². The first-order valence-electron chi connectivity index (χ1n) is 18.2. The molecule has 0 amide bonds. The van der Waals surface area contributed by atoms with E-state index in [1.165, 1.54) is 6.08 Å². The van der Waals surface area contributed by atoms with Crippen molar-refractivity contribution in [1.82, 2.24) is 9.88 Å². The lowest BCUT2D eigenvalue weighted by atomic mass is 9.94. The lowest BCUT2D eigenvalue weighted by Gasteiger charge is -2.20. The fourth-order valence-corrected chi connectivity index (χ4v) is 7.57. The number of benzene rings is 6. The molecule has 1 aromatic heterocycles. The third-order valence-electron chi connectivity index (χ3n) is 10.2. The highest BCUT2D eigenvalue weighted by Crippen LogP contribution is 2.37. The molecule has 9 rings (SSSR count). The summed E-state index contributed by atoms with van der Waals surface area (Å²) in [5.74, 6) is 1.27. The Morgan fingerprint density at radius 3 is 2.14 bits per heavy atom. The van der Waals surface area contributed by atoms with Crippen molar-refractivity contribution in [2.24, 2.45) is 9.98 Å². The number of aromatic nitrogens is 1. The number of halogens is 3. The quantitative estimate of drug-likeness (QED) is 0.195. The van der Waals surface area contributed by atoms with Gasteiger partial charge in [-0.2, -0.15) is 23.7 Å². The van der Waals surface area contributed by atoms with Gasteiger partial charge in [0, 0.05) is 32.8 Å². The molecule has 7 aromatic rings. The molecule has 0 spiro atoms. The highest BCUT2D eigenvalue weighted by atomic mass is 19.4. The lowest BCUT2D eigenvalue weighted by Crippen LogP contribution is -2.39. The van der Waals surface area contributed by atoms with Gasteiger partial charge in [-0.3, -0.25) is 0 Å². The number of para-hydroxylation sites is 1. The van der Waals surface area contributed by atoms with Crippen LogP contribution in [0.3, 0.4) is 0 Å². The number of aliphatic imine (C=N–C) groups is 2. The van der Waals surface area contributed by atoms with Crippen LogP contribution >= 0.6 is 0 Å². The second kappa shape index (κ2) is 14.2. The Balaban J connectivity index is 1.37. The van der Waals surface area contributed by atoms with Crippen LogP contribution in [-0.2, 0) is 0 Å². The lowest BCUT2D eigenvalue weighted by molar-refractivity contribution is -0.0874. The predicted molar refractivity (Wildman–Crippen MR) is 219 cm³/mol. The van der Waals surface area contributed by atoms with Crippen LogP contribution in [0.4, 0.5) is 13.2 Å². The largest absolute Gasteiger partial charge is 0.416 e. The molecule has 9 heteroatoms. The molecular weight excluding hydrogens is 718 g/mol. The number of nitriles is 2. The van der Waals surface area contributed by atoms with Crippen molar-refractivity contribution in [2.45, 2.75) is 12.6 Å². The predicted octanol–water partition coefficient (Wildman–Crippen LogP) is 9.36. The second-order valence-corrected chi connectivity index (χ2v) is 13.6. The summed E-state index contributed by atoms with van der Waals surface area (Å²) in [6.07, 6.45) is -0.224. The topological polar surface area (TPSA) is 89.3 Å². The second-order valence-electron chi connectivity index (χ2n) is 13.6. The number of fused-ring (bicyclic) bond motifs is 3. The summed E-state index contributed by atoms with van der Waals surface area (Å²) in [5.41, 5.74) is 5.58. The molecule has 0 radical (unpaired) electrons. The Labute approximate surface area is 325 Å². The van der Waals surface area contributed by atoms with Crippen LogP contribution in [0.2, 0.25) is 0 Å². The molecule has 0 fully saturated rings. The van der Waals surface area contributed by atoms with Crippen molar-refractivity contribution in [3.05, 3.63) is 196 Å². The van der Waals surface area contributed by atoms with Crippen molar-refractivity contribution in [3.63, 3.8) is 0 Å². The molecule has 1 aliphatic heterocycles. The van der Waals surface area contributed by atoms with Gasteiger partial charge >= 0.3 is 6.18 Å². The van der Waals surface area contributed by atoms with Gasteiger partial charge in [-0.05, 0) is 64.7 Å². The third-order valence-corrected chi connectivity index (χ3v) is 10.2. The summed E-state index contributed by atoms with van der Waals surface area (Å²) in [7, 11) is 0. The SMILES string of the molecule is N#Cc1ccc(-c2ccc3c4ccccc4n(-c4ccc(=C5CC=CC=C5C(F)(F)F)c(=C5N=C(c6ccccc6)N=C(c6ccccc6)N5)c4)c3c2)c(C#N)c1. The number of alkyl halides is 3. The molecule has 1 N–H and O–H groups in total. The number of hydrogen-bond donors (Lipinski definition) is 1. The molecule has 0 atom stereocenters. The molecule has 1 aliphatic carbocycles. The number of hydrogen-bond acceptors (Lipinski definition) is 5. The molecule has 272 valence electrons. The third kappa shape index (κ3) is 6.37. The summed E-state index contributed by atoms with van der Waals surface area (Å²) in [6, 6.07) is 47.8. The van der Waals surface area contributed by atoms with Gasteiger partial charge in [0.25, 0.3) is 0 Å². The molecule has 6 aromatic carbocycles. The number of nitrogens with one attached hydrogen (secondary N) is 1. The molecule has 0 unspecified atom stereocenters. The van der Waals surface area contributed by atoms with Gasteiger partial charge in [-0.15, -0.1) is 0 Å². The Morgan fingerprint density at radius 1 is 0.649 bits per heavy atom. The molecule has 57 heavy (non-hydrogen) atoms. The van der Waals surface area contributed by atoms with Crippen molar-refractivity contribution in [2.75, 3.05) is 0 Å². The van der Waals surface area contributed by atoms with Gasteiger partial charge in [-0.1, -0.05) is 121 Å². The van der Waals surface area contributed by atoms with Crippen LogP contribution in [0.5, 0.6) is 0 Å². The van der Waals surface area contributed by atoms with Crippen molar-refractivity contribution in [3.8, 4) is 29.0 Å². The molecule has 0 saturated heterocycles. The maximum atomic E-state index is 14.7. The van der Waals surface area contributed by atoms with Crippen molar-refractivity contribution >= 4 is 44.9 Å². The van der Waals surface area contributed by atoms with E-state index in [1.807, 2.05) is 115 Å². The maximum Gasteiger partial charge on any atom is 0.416 e. The Kier molecular flexibility index (Phi) is 8.68. The minimum Gasteiger partial charge on any atom is -0.324 e. The fourth-order valence-electron chi connectivity index (χ4n) is 7.57. The van der Waals surface area contributed by atoms with E-state index >= 15 is 0 Å². The summed E-state index contributed by atoms with van der Waals surface area (Å²) in [6.45, 7) is 0. The smallest absolute Gasteiger partial charge is 0.324 e. The summed E-state index contributed by atoms with van der Waals surface area (Å²) in [4.78, 5) is 9.91. The van der Waals surface area contributed by atoms with E-state index < -0.39 is 11.7 Å². The standard InChI is InChI=1S/C48H29F3N6/c49-48(50,51)42-17-9-7-15-38(42)37-24-21-35(27-41(37)47-55-45(31-11-3-1-4-12-31)54-46(56-47)32-13-5-2-6-14-32)57-43-18-10-8-16-39(43)40-23-20-33(26-44(40)57)36-22-19-30(28-52)25-34(36)29-53/h1-14,16-27H,15H2,(H,54,55,56). The average Bonchev–Trinajstić information content (AvgIpc) is 3.59. The van der Waals surface area contributed by atoms with E-state index in [0.29, 0.717) is 50.3 Å². The Hall–Kier alpha value is -7.75. The van der Waals surface area contributed by atoms with Crippen LogP contribution in [-0.4, -0.2) is 22.4 Å². The van der Waals surface area contributed by atoms with Gasteiger partial charge < -0.3 is 9.88 Å². The average molecular weight is 747 g/mol. The molecule has 2 aliphatic rings. The Bertz CT molecular complexity index is 3120. The molecule has 0 bridgehead atoms. The highest BCUT2D eigenvalue weighted by Gasteiger charge is 2.36. The zero-order valence-electron chi connectivity index (χ0n) is 30.1. The van der Waals surface area contributed by atoms with Gasteiger partial charge in [0.15, 0.2) is 5.84 Å². The maximum absolute atomic E-state index is 14.7. The van der Waals surface area contributed by atoms with Crippen LogP contribution in [0.15, 0.2) is 173 Å². The fraction of sp³-hybridized carbons (Fsp3) is 0.0417.